The molecule has 33 heavy (non-hydrogen) atoms. The van der Waals surface area contributed by atoms with E-state index in [4.69, 9.17) is 9.82 Å². The van der Waals surface area contributed by atoms with Crippen molar-refractivity contribution in [3.63, 3.8) is 0 Å². The van der Waals surface area contributed by atoms with Crippen molar-refractivity contribution >= 4 is 34.4 Å². The number of nitrogens with zero attached hydrogens (tertiary/aromatic N) is 3. The van der Waals surface area contributed by atoms with Crippen LogP contribution < -0.4 is 10.8 Å². The van der Waals surface area contributed by atoms with E-state index in [-0.39, 0.29) is 12.0 Å². The Kier molecular flexibility index (Phi) is 5.27. The molecule has 0 unspecified atom stereocenters. The van der Waals surface area contributed by atoms with Crippen LogP contribution in [0.3, 0.4) is 0 Å². The number of carboxylic acid groups (broad SMARTS) is 2. The molecule has 4 N–H and O–H groups in total. The minimum absolute atomic E-state index is 0.145. The van der Waals surface area contributed by atoms with Crippen molar-refractivity contribution in [2.24, 2.45) is 11.8 Å². The highest BCUT2D eigenvalue weighted by atomic mass is 16.7. The van der Waals surface area contributed by atoms with Gasteiger partial charge in [-0.2, -0.15) is 5.10 Å². The molecule has 2 aliphatic carbocycles. The highest BCUT2D eigenvalue weighted by molar-refractivity contribution is 5.98. The molecule has 0 saturated heterocycles. The molecule has 10 heteroatoms. The summed E-state index contributed by atoms with van der Waals surface area (Å²) < 4.78 is 1.87. The number of carboxylic acids is 2. The second kappa shape index (κ2) is 8.02. The smallest absolute Gasteiger partial charge is 0.306 e. The highest BCUT2D eigenvalue weighted by Crippen LogP contribution is 2.47. The molecule has 1 aliphatic heterocycles. The predicted octanol–water partition coefficient (Wildman–Crippen LogP) is 2.92. The summed E-state index contributed by atoms with van der Waals surface area (Å²) in [5.74, 6) is -2.19. The summed E-state index contributed by atoms with van der Waals surface area (Å²) in [5, 5.41) is 27.9. The van der Waals surface area contributed by atoms with E-state index in [0.717, 1.165) is 46.5 Å². The van der Waals surface area contributed by atoms with E-state index in [0.29, 0.717) is 32.2 Å². The van der Waals surface area contributed by atoms with Gasteiger partial charge in [-0.25, -0.2) is 9.67 Å². The van der Waals surface area contributed by atoms with Gasteiger partial charge in [0, 0.05) is 24.3 Å². The third-order valence-corrected chi connectivity index (χ3v) is 7.26. The molecule has 2 aromatic heterocycles. The molecule has 1 spiro atoms. The number of fused-ring (bicyclic) bond motifs is 1. The molecule has 2 aromatic rings. The first-order chi connectivity index (χ1) is 15.8. The number of anilines is 1. The standard InChI is InChI=1S/C23H29N5O5/c1-3-28-20-18(12(2)26-28)19(25-15-6-4-13(5-7-15)21(29)30)16(11-24-20)17-10-23(33-27-17)8-14(9-23)22(31)32/h10-11,13-15,27H,3-9H2,1-2H3,(H,24,25)(H,29,30)(H,31,32). The molecule has 2 saturated carbocycles. The zero-order valence-electron chi connectivity index (χ0n) is 18.8. The van der Waals surface area contributed by atoms with Crippen LogP contribution in [-0.2, 0) is 21.0 Å². The summed E-state index contributed by atoms with van der Waals surface area (Å²) in [6.45, 7) is 4.68. The second-order valence-electron chi connectivity index (χ2n) is 9.45. The normalized spacial score (nSPS) is 28.9. The number of carbonyl (C=O) groups is 2. The van der Waals surface area contributed by atoms with Gasteiger partial charge in [0.15, 0.2) is 5.65 Å². The number of aromatic nitrogens is 3. The third-order valence-electron chi connectivity index (χ3n) is 7.26. The fraction of sp³-hybridized carbons (Fsp3) is 0.565. The lowest BCUT2D eigenvalue weighted by Crippen LogP contribution is -2.46. The zero-order chi connectivity index (χ0) is 23.3. The molecule has 0 atom stereocenters. The monoisotopic (exact) mass is 455 g/mol. The first-order valence-corrected chi connectivity index (χ1v) is 11.6. The Labute approximate surface area is 191 Å². The van der Waals surface area contributed by atoms with Crippen LogP contribution in [0.15, 0.2) is 12.3 Å². The lowest BCUT2D eigenvalue weighted by Gasteiger charge is -2.39. The molecule has 3 aliphatic rings. The maximum atomic E-state index is 11.4. The number of pyridine rings is 1. The average Bonchev–Trinajstić information content (AvgIpc) is 3.35. The minimum Gasteiger partial charge on any atom is -0.481 e. The van der Waals surface area contributed by atoms with Crippen LogP contribution in [0.1, 0.15) is 56.7 Å². The summed E-state index contributed by atoms with van der Waals surface area (Å²) in [5.41, 5.74) is 6.59. The van der Waals surface area contributed by atoms with Crippen LogP contribution >= 0.6 is 0 Å². The van der Waals surface area contributed by atoms with Gasteiger partial charge in [0.2, 0.25) is 0 Å². The Morgan fingerprint density at radius 2 is 1.91 bits per heavy atom. The van der Waals surface area contributed by atoms with Crippen molar-refractivity contribution in [3.05, 3.63) is 23.5 Å². The van der Waals surface area contributed by atoms with E-state index in [1.165, 1.54) is 0 Å². The summed E-state index contributed by atoms with van der Waals surface area (Å²) in [6, 6.07) is 0.145. The van der Waals surface area contributed by atoms with E-state index < -0.39 is 23.5 Å². The minimum atomic E-state index is -0.795. The predicted molar refractivity (Wildman–Crippen MR) is 120 cm³/mol. The molecule has 3 heterocycles. The maximum absolute atomic E-state index is 11.4. The number of hydroxylamine groups is 1. The second-order valence-corrected chi connectivity index (χ2v) is 9.45. The molecule has 2 fully saturated rings. The van der Waals surface area contributed by atoms with Gasteiger partial charge >= 0.3 is 11.9 Å². The van der Waals surface area contributed by atoms with Gasteiger partial charge in [-0.1, -0.05) is 0 Å². The first-order valence-electron chi connectivity index (χ1n) is 11.6. The Balaban J connectivity index is 1.50. The highest BCUT2D eigenvalue weighted by Gasteiger charge is 2.51. The van der Waals surface area contributed by atoms with Gasteiger partial charge in [0.05, 0.1) is 34.3 Å². The van der Waals surface area contributed by atoms with E-state index in [9.17, 15) is 19.8 Å². The molecular formula is C23H29N5O5. The number of hydrogen-bond donors (Lipinski definition) is 4. The lowest BCUT2D eigenvalue weighted by molar-refractivity contribution is -0.162. The van der Waals surface area contributed by atoms with Crippen LogP contribution in [-0.4, -0.2) is 48.6 Å². The Morgan fingerprint density at radius 3 is 2.55 bits per heavy atom. The molecule has 5 rings (SSSR count). The van der Waals surface area contributed by atoms with Gasteiger partial charge in [-0.15, -0.1) is 0 Å². The summed E-state index contributed by atoms with van der Waals surface area (Å²) in [7, 11) is 0. The van der Waals surface area contributed by atoms with Crippen LogP contribution in [0.25, 0.3) is 16.7 Å². The van der Waals surface area contributed by atoms with Crippen molar-refractivity contribution in [2.45, 2.75) is 70.6 Å². The Hall–Kier alpha value is -3.14. The van der Waals surface area contributed by atoms with Crippen LogP contribution in [0.2, 0.25) is 0 Å². The van der Waals surface area contributed by atoms with Crippen LogP contribution in [0, 0.1) is 18.8 Å². The SMILES string of the molecule is CCn1nc(C)c2c(NC3CCC(C(=O)O)CC3)c(C3=CC4(CC(C(=O)O)C4)ON3)cnc21. The molecule has 0 radical (unpaired) electrons. The number of rotatable bonds is 6. The largest absolute Gasteiger partial charge is 0.481 e. The van der Waals surface area contributed by atoms with Crippen molar-refractivity contribution < 1.29 is 24.6 Å². The number of aryl methyl sites for hydroxylation is 2. The van der Waals surface area contributed by atoms with Gasteiger partial charge < -0.3 is 15.5 Å². The van der Waals surface area contributed by atoms with Crippen LogP contribution in [0.5, 0.6) is 0 Å². The van der Waals surface area contributed by atoms with Gasteiger partial charge in [-0.05, 0) is 58.4 Å². The van der Waals surface area contributed by atoms with E-state index in [2.05, 4.69) is 15.9 Å². The molecular weight excluding hydrogens is 426 g/mol. The average molecular weight is 456 g/mol. The molecule has 0 aromatic carbocycles. The van der Waals surface area contributed by atoms with Crippen LogP contribution in [0.4, 0.5) is 5.69 Å². The van der Waals surface area contributed by atoms with Crippen molar-refractivity contribution in [1.29, 1.82) is 0 Å². The Morgan fingerprint density at radius 1 is 1.21 bits per heavy atom. The third kappa shape index (κ3) is 3.72. The summed E-state index contributed by atoms with van der Waals surface area (Å²) >= 11 is 0. The Bertz CT molecular complexity index is 1140. The lowest BCUT2D eigenvalue weighted by atomic mass is 9.70. The fourth-order valence-corrected chi connectivity index (χ4v) is 5.34. The van der Waals surface area contributed by atoms with Crippen molar-refractivity contribution in [3.8, 4) is 0 Å². The fourth-order valence-electron chi connectivity index (χ4n) is 5.34. The quantitative estimate of drug-likeness (QED) is 0.518. The van der Waals surface area contributed by atoms with Gasteiger partial charge in [0.25, 0.3) is 0 Å². The van der Waals surface area contributed by atoms with Crippen molar-refractivity contribution in [1.82, 2.24) is 20.2 Å². The maximum Gasteiger partial charge on any atom is 0.306 e. The number of aliphatic carboxylic acids is 2. The molecule has 0 amide bonds. The van der Waals surface area contributed by atoms with Gasteiger partial charge in [0.1, 0.15) is 5.60 Å². The van der Waals surface area contributed by atoms with E-state index in [1.807, 2.05) is 24.6 Å². The molecule has 176 valence electrons. The number of nitrogens with one attached hydrogen (secondary N) is 2. The van der Waals surface area contributed by atoms with Crippen molar-refractivity contribution in [2.75, 3.05) is 5.32 Å². The van der Waals surface area contributed by atoms with Gasteiger partial charge in [-0.3, -0.25) is 19.9 Å². The zero-order valence-corrected chi connectivity index (χ0v) is 18.8. The van der Waals surface area contributed by atoms with E-state index in [1.54, 1.807) is 6.20 Å². The summed E-state index contributed by atoms with van der Waals surface area (Å²) in [6.07, 6.45) is 7.48. The number of hydrogen-bond acceptors (Lipinski definition) is 7. The molecule has 10 nitrogen and oxygen atoms in total. The summed E-state index contributed by atoms with van der Waals surface area (Å²) in [4.78, 5) is 33.1. The first kappa shape index (κ1) is 21.7. The van der Waals surface area contributed by atoms with E-state index >= 15 is 0 Å². The topological polar surface area (TPSA) is 139 Å². The molecule has 0 bridgehead atoms.